The Labute approximate surface area is 179 Å². The van der Waals surface area contributed by atoms with Crippen LogP contribution in [-0.2, 0) is 20.9 Å². The molecule has 0 bridgehead atoms. The Balaban J connectivity index is 1.42. The molecule has 1 fully saturated rings. The fourth-order valence-electron chi connectivity index (χ4n) is 3.06. The average molecular weight is 435 g/mol. The van der Waals surface area contributed by atoms with E-state index in [-0.39, 0.29) is 37.7 Å². The molecular weight excluding hydrogens is 411 g/mol. The summed E-state index contributed by atoms with van der Waals surface area (Å²) in [5.41, 5.74) is 2.26. The van der Waals surface area contributed by atoms with Crippen LogP contribution < -0.4 is 5.32 Å². The van der Waals surface area contributed by atoms with E-state index in [0.717, 1.165) is 5.56 Å². The van der Waals surface area contributed by atoms with Crippen LogP contribution >= 0.6 is 11.6 Å². The maximum atomic E-state index is 13.1. The molecule has 1 unspecified atom stereocenters. The minimum absolute atomic E-state index is 0.0779. The molecule has 2 aromatic rings. The quantitative estimate of drug-likeness (QED) is 0.727. The second kappa shape index (κ2) is 10.5. The summed E-state index contributed by atoms with van der Waals surface area (Å²) in [6.07, 6.45) is -0.283. The first kappa shape index (κ1) is 22.2. The predicted molar refractivity (Wildman–Crippen MR) is 111 cm³/mol. The van der Waals surface area contributed by atoms with Crippen LogP contribution in [0.5, 0.6) is 0 Å². The third kappa shape index (κ3) is 6.26. The molecule has 2 aromatic carbocycles. The number of amides is 2. The molecule has 0 aliphatic carbocycles. The highest BCUT2D eigenvalue weighted by Gasteiger charge is 2.24. The van der Waals surface area contributed by atoms with Crippen molar-refractivity contribution in [3.63, 3.8) is 0 Å². The average Bonchev–Trinajstić information content (AvgIpc) is 2.74. The van der Waals surface area contributed by atoms with Gasteiger partial charge in [0.05, 0.1) is 32.5 Å². The zero-order valence-corrected chi connectivity index (χ0v) is 17.5. The van der Waals surface area contributed by atoms with Gasteiger partial charge in [-0.3, -0.25) is 9.59 Å². The van der Waals surface area contributed by atoms with Gasteiger partial charge in [0.1, 0.15) is 5.82 Å². The second-order valence-corrected chi connectivity index (χ2v) is 7.54. The summed E-state index contributed by atoms with van der Waals surface area (Å²) in [5.74, 6) is -0.860. The fourth-order valence-corrected chi connectivity index (χ4v) is 3.28. The van der Waals surface area contributed by atoms with Crippen molar-refractivity contribution in [3.8, 4) is 0 Å². The van der Waals surface area contributed by atoms with Crippen molar-refractivity contribution in [2.24, 2.45) is 0 Å². The van der Waals surface area contributed by atoms with Crippen LogP contribution in [-0.4, -0.2) is 55.7 Å². The molecule has 6 nitrogen and oxygen atoms in total. The fraction of sp³-hybridized carbons (Fsp3) is 0.364. The number of rotatable bonds is 7. The van der Waals surface area contributed by atoms with Crippen LogP contribution in [0.2, 0.25) is 5.02 Å². The number of nitrogens with zero attached hydrogens (tertiary/aromatic N) is 1. The lowest BCUT2D eigenvalue weighted by Crippen LogP contribution is -2.50. The monoisotopic (exact) mass is 434 g/mol. The first-order valence-electron chi connectivity index (χ1n) is 9.68. The van der Waals surface area contributed by atoms with Gasteiger partial charge in [0, 0.05) is 23.7 Å². The number of morpholine rings is 1. The van der Waals surface area contributed by atoms with Gasteiger partial charge < -0.3 is 19.7 Å². The third-order valence-corrected chi connectivity index (χ3v) is 5.13. The number of aryl methyl sites for hydroxylation is 1. The SMILES string of the molecule is Cc1ccc(C(=O)NCC(=O)N2CCOC(COCc3ccc(F)cc3Cl)C2)cc1. The van der Waals surface area contributed by atoms with Crippen LogP contribution in [0.15, 0.2) is 42.5 Å². The van der Waals surface area contributed by atoms with Crippen molar-refractivity contribution in [2.45, 2.75) is 19.6 Å². The molecule has 2 amide bonds. The standard InChI is InChI=1S/C22H24ClFN2O4/c1-15-2-4-16(5-3-15)22(28)25-11-21(27)26-8-9-30-19(12-26)14-29-13-17-6-7-18(24)10-20(17)23/h2-7,10,19H,8-9,11-14H2,1H3,(H,25,28). The molecule has 30 heavy (non-hydrogen) atoms. The molecule has 3 rings (SSSR count). The molecule has 8 heteroatoms. The Morgan fingerprint density at radius 1 is 1.27 bits per heavy atom. The van der Waals surface area contributed by atoms with Crippen LogP contribution in [0.25, 0.3) is 0 Å². The maximum absolute atomic E-state index is 13.1. The summed E-state index contributed by atoms with van der Waals surface area (Å²) in [7, 11) is 0. The molecule has 1 heterocycles. The van der Waals surface area contributed by atoms with Crippen molar-refractivity contribution in [2.75, 3.05) is 32.8 Å². The van der Waals surface area contributed by atoms with E-state index < -0.39 is 5.82 Å². The topological polar surface area (TPSA) is 67.9 Å². The van der Waals surface area contributed by atoms with Gasteiger partial charge in [-0.25, -0.2) is 4.39 Å². The lowest BCUT2D eigenvalue weighted by molar-refractivity contribution is -0.140. The molecule has 1 saturated heterocycles. The zero-order valence-electron chi connectivity index (χ0n) is 16.7. The summed E-state index contributed by atoms with van der Waals surface area (Å²) >= 11 is 5.99. The highest BCUT2D eigenvalue weighted by Crippen LogP contribution is 2.18. The van der Waals surface area contributed by atoms with Gasteiger partial charge in [0.15, 0.2) is 0 Å². The molecule has 0 aromatic heterocycles. The summed E-state index contributed by atoms with van der Waals surface area (Å²) in [4.78, 5) is 26.3. The number of hydrogen-bond acceptors (Lipinski definition) is 4. The smallest absolute Gasteiger partial charge is 0.251 e. The van der Waals surface area contributed by atoms with E-state index in [0.29, 0.717) is 35.8 Å². The Kier molecular flexibility index (Phi) is 7.79. The molecule has 1 N–H and O–H groups in total. The van der Waals surface area contributed by atoms with Crippen molar-refractivity contribution in [1.82, 2.24) is 10.2 Å². The highest BCUT2D eigenvalue weighted by atomic mass is 35.5. The van der Waals surface area contributed by atoms with Crippen molar-refractivity contribution < 1.29 is 23.5 Å². The lowest BCUT2D eigenvalue weighted by atomic mass is 10.1. The highest BCUT2D eigenvalue weighted by molar-refractivity contribution is 6.31. The number of halogens is 2. The van der Waals surface area contributed by atoms with Gasteiger partial charge in [0.2, 0.25) is 5.91 Å². The molecule has 1 aliphatic heterocycles. The summed E-state index contributed by atoms with van der Waals surface area (Å²) in [6, 6.07) is 11.3. The van der Waals surface area contributed by atoms with E-state index in [1.54, 1.807) is 23.1 Å². The van der Waals surface area contributed by atoms with Gasteiger partial charge in [-0.2, -0.15) is 0 Å². The summed E-state index contributed by atoms with van der Waals surface area (Å²) < 4.78 is 24.4. The Morgan fingerprint density at radius 3 is 2.77 bits per heavy atom. The van der Waals surface area contributed by atoms with Gasteiger partial charge in [0.25, 0.3) is 5.91 Å². The summed E-state index contributed by atoms with van der Waals surface area (Å²) in [6.45, 7) is 3.58. The molecule has 1 atom stereocenters. The van der Waals surface area contributed by atoms with Crippen LogP contribution in [0.4, 0.5) is 4.39 Å². The van der Waals surface area contributed by atoms with E-state index in [2.05, 4.69) is 5.32 Å². The number of carbonyl (C=O) groups excluding carboxylic acids is 2. The molecular formula is C22H24ClFN2O4. The van der Waals surface area contributed by atoms with E-state index in [1.165, 1.54) is 12.1 Å². The second-order valence-electron chi connectivity index (χ2n) is 7.13. The Bertz CT molecular complexity index is 891. The third-order valence-electron chi connectivity index (χ3n) is 4.78. The van der Waals surface area contributed by atoms with E-state index in [9.17, 15) is 14.0 Å². The normalized spacial score (nSPS) is 16.4. The number of benzene rings is 2. The maximum Gasteiger partial charge on any atom is 0.251 e. The molecule has 0 radical (unpaired) electrons. The molecule has 1 aliphatic rings. The van der Waals surface area contributed by atoms with Gasteiger partial charge >= 0.3 is 0 Å². The number of hydrogen-bond donors (Lipinski definition) is 1. The number of ether oxygens (including phenoxy) is 2. The Hall–Kier alpha value is -2.48. The molecule has 160 valence electrons. The summed E-state index contributed by atoms with van der Waals surface area (Å²) in [5, 5.41) is 2.96. The minimum atomic E-state index is -0.400. The number of nitrogens with one attached hydrogen (secondary N) is 1. The minimum Gasteiger partial charge on any atom is -0.374 e. The number of carbonyl (C=O) groups is 2. The van der Waals surface area contributed by atoms with Gasteiger partial charge in [-0.05, 0) is 36.8 Å². The van der Waals surface area contributed by atoms with Gasteiger partial charge in [-0.1, -0.05) is 35.4 Å². The first-order valence-corrected chi connectivity index (χ1v) is 10.1. The lowest BCUT2D eigenvalue weighted by Gasteiger charge is -2.33. The van der Waals surface area contributed by atoms with Gasteiger partial charge in [-0.15, -0.1) is 0 Å². The molecule has 0 spiro atoms. The van der Waals surface area contributed by atoms with E-state index >= 15 is 0 Å². The van der Waals surface area contributed by atoms with Crippen molar-refractivity contribution in [3.05, 3.63) is 70.0 Å². The van der Waals surface area contributed by atoms with Crippen LogP contribution in [0.1, 0.15) is 21.5 Å². The Morgan fingerprint density at radius 2 is 2.03 bits per heavy atom. The van der Waals surface area contributed by atoms with Crippen LogP contribution in [0.3, 0.4) is 0 Å². The zero-order chi connectivity index (χ0) is 21.5. The molecule has 0 saturated carbocycles. The first-order chi connectivity index (χ1) is 14.4. The van der Waals surface area contributed by atoms with Crippen molar-refractivity contribution in [1.29, 1.82) is 0 Å². The van der Waals surface area contributed by atoms with E-state index in [1.807, 2.05) is 19.1 Å². The van der Waals surface area contributed by atoms with Crippen molar-refractivity contribution >= 4 is 23.4 Å². The predicted octanol–water partition coefficient (Wildman–Crippen LogP) is 2.96. The van der Waals surface area contributed by atoms with Crippen LogP contribution in [0, 0.1) is 12.7 Å². The van der Waals surface area contributed by atoms with E-state index in [4.69, 9.17) is 21.1 Å². The largest absolute Gasteiger partial charge is 0.374 e.